The van der Waals surface area contributed by atoms with Gasteiger partial charge in [0.25, 0.3) is 0 Å². The molecule has 0 spiro atoms. The van der Waals surface area contributed by atoms with Crippen molar-refractivity contribution in [1.82, 2.24) is 0 Å². The Morgan fingerprint density at radius 2 is 0.750 bits per heavy atom. The maximum atomic E-state index is 7.15. The number of para-hydroxylation sites is 6. The molecule has 0 saturated heterocycles. The molecule has 80 heavy (non-hydrogen) atoms. The lowest BCUT2D eigenvalue weighted by Gasteiger charge is -2.37. The van der Waals surface area contributed by atoms with E-state index >= 15 is 0 Å². The van der Waals surface area contributed by atoms with Crippen LogP contribution in [0.2, 0.25) is 0 Å². The first-order chi connectivity index (χ1) is 38.5. The molecule has 4 nitrogen and oxygen atoms in total. The van der Waals surface area contributed by atoms with Crippen molar-refractivity contribution in [2.24, 2.45) is 0 Å². The van der Waals surface area contributed by atoms with Crippen LogP contribution < -0.4 is 9.80 Å². The predicted octanol–water partition coefficient (Wildman–Crippen LogP) is 21.9. The van der Waals surface area contributed by atoms with Gasteiger partial charge in [0.1, 0.15) is 11.2 Å². The van der Waals surface area contributed by atoms with Crippen molar-refractivity contribution in [2.45, 2.75) is 90.9 Å². The van der Waals surface area contributed by atoms with Gasteiger partial charge < -0.3 is 18.6 Å². The number of furan rings is 2. The van der Waals surface area contributed by atoms with Crippen LogP contribution in [0.1, 0.15) is 103 Å². The largest absolute Gasteiger partial charge is 0.454 e. The van der Waals surface area contributed by atoms with Gasteiger partial charge >= 0.3 is 0 Å². The molecule has 2 aromatic heterocycles. The molecule has 2 heterocycles. The van der Waals surface area contributed by atoms with Gasteiger partial charge in [0.2, 0.25) is 0 Å². The molecule has 11 aromatic carbocycles. The average Bonchev–Trinajstić information content (AvgIpc) is 4.25. The Hall–Kier alpha value is -8.86. The van der Waals surface area contributed by atoms with E-state index in [1.807, 2.05) is 0 Å². The zero-order valence-electron chi connectivity index (χ0n) is 47.3. The van der Waals surface area contributed by atoms with Crippen LogP contribution in [0.3, 0.4) is 0 Å². The molecule has 0 radical (unpaired) electrons. The van der Waals surface area contributed by atoms with Gasteiger partial charge in [-0.25, -0.2) is 0 Å². The number of hydrogen-bond acceptors (Lipinski definition) is 4. The SMILES string of the molecule is CC(C)(C)c1cccc2c1oc1c(N(c3ccccc3)c3cc4c(c5ccccc35)-c3cc5c(cc3C4(C)C)-c3cccc4c(N(c6ccccc6)c6cccc7c6oc6c(C(C)(C)C)cccc67)ccc(c34)C5(C)C)cccc12. The number of anilines is 6. The van der Waals surface area contributed by atoms with Gasteiger partial charge in [-0.05, 0) is 127 Å². The van der Waals surface area contributed by atoms with Crippen molar-refractivity contribution in [3.63, 3.8) is 0 Å². The molecule has 0 unspecified atom stereocenters. The Bertz CT molecular complexity index is 4730. The highest BCUT2D eigenvalue weighted by molar-refractivity contribution is 6.17. The summed E-state index contributed by atoms with van der Waals surface area (Å²) in [5.41, 5.74) is 22.2. The van der Waals surface area contributed by atoms with Gasteiger partial charge in [0.05, 0.1) is 22.7 Å². The predicted molar refractivity (Wildman–Crippen MR) is 338 cm³/mol. The lowest BCUT2D eigenvalue weighted by atomic mass is 9.67. The summed E-state index contributed by atoms with van der Waals surface area (Å²) in [6, 6.07) is 76.6. The highest BCUT2D eigenvalue weighted by Crippen LogP contribution is 2.60. The molecule has 0 N–H and O–H groups in total. The first-order valence-electron chi connectivity index (χ1n) is 28.4. The Labute approximate surface area is 468 Å². The third-order valence-electron chi connectivity index (χ3n) is 18.1. The molecular formula is C76H64N2O2. The minimum absolute atomic E-state index is 0.0892. The first-order valence-corrected chi connectivity index (χ1v) is 28.4. The highest BCUT2D eigenvalue weighted by atomic mass is 16.3. The van der Waals surface area contributed by atoms with Crippen LogP contribution in [0.5, 0.6) is 0 Å². The van der Waals surface area contributed by atoms with Gasteiger partial charge in [-0.1, -0.05) is 215 Å². The summed E-state index contributed by atoms with van der Waals surface area (Å²) in [5, 5.41) is 9.46. The number of hydrogen-bond donors (Lipinski definition) is 0. The van der Waals surface area contributed by atoms with Crippen LogP contribution in [-0.2, 0) is 21.7 Å². The smallest absolute Gasteiger partial charge is 0.159 e. The molecule has 2 aliphatic carbocycles. The molecule has 13 aromatic rings. The van der Waals surface area contributed by atoms with E-state index < -0.39 is 0 Å². The van der Waals surface area contributed by atoms with E-state index in [4.69, 9.17) is 8.83 Å². The summed E-state index contributed by atoms with van der Waals surface area (Å²) < 4.78 is 14.3. The van der Waals surface area contributed by atoms with Crippen molar-refractivity contribution < 1.29 is 8.83 Å². The van der Waals surface area contributed by atoms with E-state index in [0.29, 0.717) is 0 Å². The van der Waals surface area contributed by atoms with Crippen LogP contribution in [-0.4, -0.2) is 0 Å². The quantitative estimate of drug-likeness (QED) is 0.166. The van der Waals surface area contributed by atoms with Crippen molar-refractivity contribution in [3.05, 3.63) is 240 Å². The van der Waals surface area contributed by atoms with E-state index in [2.05, 4.69) is 285 Å². The monoisotopic (exact) mass is 1040 g/mol. The van der Waals surface area contributed by atoms with Gasteiger partial charge in [-0.2, -0.15) is 0 Å². The molecule has 0 fully saturated rings. The van der Waals surface area contributed by atoms with Crippen molar-refractivity contribution in [3.8, 4) is 22.3 Å². The molecule has 15 rings (SSSR count). The number of benzene rings is 11. The summed E-state index contributed by atoms with van der Waals surface area (Å²) in [7, 11) is 0. The fourth-order valence-electron chi connectivity index (χ4n) is 14.1. The van der Waals surface area contributed by atoms with Crippen LogP contribution in [0.15, 0.2) is 215 Å². The average molecular weight is 1040 g/mol. The molecule has 4 heteroatoms. The maximum absolute atomic E-state index is 7.15. The molecule has 0 bridgehead atoms. The molecule has 0 atom stereocenters. The van der Waals surface area contributed by atoms with Crippen LogP contribution in [0.25, 0.3) is 87.7 Å². The third-order valence-corrected chi connectivity index (χ3v) is 18.1. The summed E-state index contributed by atoms with van der Waals surface area (Å²) in [6.07, 6.45) is 0. The molecule has 2 aliphatic rings. The molecule has 0 amide bonds. The summed E-state index contributed by atoms with van der Waals surface area (Å²) >= 11 is 0. The van der Waals surface area contributed by atoms with Crippen LogP contribution in [0, 0.1) is 0 Å². The second-order valence-electron chi connectivity index (χ2n) is 25.6. The zero-order valence-corrected chi connectivity index (χ0v) is 47.3. The van der Waals surface area contributed by atoms with Gasteiger partial charge in [0.15, 0.2) is 11.2 Å². The second-order valence-corrected chi connectivity index (χ2v) is 25.6. The van der Waals surface area contributed by atoms with Crippen molar-refractivity contribution in [2.75, 3.05) is 9.80 Å². The lowest BCUT2D eigenvalue weighted by molar-refractivity contribution is 0.572. The minimum Gasteiger partial charge on any atom is -0.454 e. The van der Waals surface area contributed by atoms with E-state index in [9.17, 15) is 0 Å². The zero-order chi connectivity index (χ0) is 54.8. The van der Waals surface area contributed by atoms with Gasteiger partial charge in [-0.3, -0.25) is 0 Å². The van der Waals surface area contributed by atoms with E-state index in [1.54, 1.807) is 0 Å². The van der Waals surface area contributed by atoms with Gasteiger partial charge in [0, 0.05) is 65.6 Å². The summed E-state index contributed by atoms with van der Waals surface area (Å²) in [6.45, 7) is 23.3. The standard InChI is InChI=1S/C76H64N2O2/c1-73(2,3)58-36-20-31-50-52-33-22-38-64(71(52)79-69(50)58)77(45-24-13-11-14-25-45)63-41-40-57-67-49(30-19-35-54(63)67)55-42-61-56(43-60(55)75(57,7)8)68-48-29-18-17-28-47(48)66(44-62(68)76(61,9)10)78(46-26-15-12-16-27-46)65-39-23-34-53-51-32-21-37-59(74(4,5)6)70(51)80-72(53)65/h11-44H,1-10H3. The Morgan fingerprint density at radius 1 is 0.312 bits per heavy atom. The summed E-state index contributed by atoms with van der Waals surface area (Å²) in [4.78, 5) is 4.87. The van der Waals surface area contributed by atoms with E-state index in [0.717, 1.165) is 78.0 Å². The number of rotatable bonds is 6. The summed E-state index contributed by atoms with van der Waals surface area (Å²) in [5.74, 6) is 0. The molecular weight excluding hydrogens is 973 g/mol. The lowest BCUT2D eigenvalue weighted by Crippen LogP contribution is -2.25. The number of fused-ring (bicyclic) bond motifs is 13. The molecule has 0 saturated carbocycles. The third kappa shape index (κ3) is 6.81. The van der Waals surface area contributed by atoms with E-state index in [1.165, 1.54) is 77.2 Å². The molecule has 390 valence electrons. The Kier molecular flexibility index (Phi) is 10.2. The minimum atomic E-state index is -0.351. The fourth-order valence-corrected chi connectivity index (χ4v) is 14.1. The van der Waals surface area contributed by atoms with E-state index in [-0.39, 0.29) is 21.7 Å². The topological polar surface area (TPSA) is 32.8 Å². The maximum Gasteiger partial charge on any atom is 0.159 e. The fraction of sp³-hybridized carbons (Fsp3) is 0.184. The highest BCUT2D eigenvalue weighted by Gasteiger charge is 2.43. The van der Waals surface area contributed by atoms with Crippen LogP contribution in [0.4, 0.5) is 34.1 Å². The Morgan fingerprint density at radius 3 is 1.31 bits per heavy atom. The van der Waals surface area contributed by atoms with Crippen molar-refractivity contribution in [1.29, 1.82) is 0 Å². The molecule has 0 aliphatic heterocycles. The van der Waals surface area contributed by atoms with Gasteiger partial charge in [-0.15, -0.1) is 0 Å². The normalized spacial score (nSPS) is 14.3. The van der Waals surface area contributed by atoms with Crippen LogP contribution >= 0.6 is 0 Å². The number of nitrogens with zero attached hydrogens (tertiary/aromatic N) is 2. The Balaban J connectivity index is 0.928. The first kappa shape index (κ1) is 48.3. The van der Waals surface area contributed by atoms with Crippen molar-refractivity contribution >= 4 is 99.5 Å². The second kappa shape index (κ2) is 16.8.